The summed E-state index contributed by atoms with van der Waals surface area (Å²) in [4.78, 5) is 25.1. The van der Waals surface area contributed by atoms with E-state index in [2.05, 4.69) is 9.47 Å². The normalized spacial score (nSPS) is 21.3. The predicted molar refractivity (Wildman–Crippen MR) is 61.9 cm³/mol. The van der Waals surface area contributed by atoms with Crippen molar-refractivity contribution in [1.82, 2.24) is 4.90 Å². The predicted octanol–water partition coefficient (Wildman–Crippen LogP) is -0.189. The lowest BCUT2D eigenvalue weighted by atomic mass is 9.92. The Morgan fingerprint density at radius 1 is 1.21 bits per heavy atom. The summed E-state index contributed by atoms with van der Waals surface area (Å²) in [5, 5.41) is 17.9. The second-order valence-electron chi connectivity index (χ2n) is 3.99. The number of hydrogen-bond donors (Lipinski definition) is 0. The molecule has 0 unspecified atom stereocenters. The van der Waals surface area contributed by atoms with Gasteiger partial charge >= 0.3 is 11.9 Å². The molecule has 1 aliphatic heterocycles. The summed E-state index contributed by atoms with van der Waals surface area (Å²) in [5.41, 5.74) is -0.00319. The highest BCUT2D eigenvalue weighted by Crippen LogP contribution is 2.35. The first-order valence-corrected chi connectivity index (χ1v) is 5.42. The Morgan fingerprint density at radius 2 is 1.74 bits per heavy atom. The van der Waals surface area contributed by atoms with Gasteiger partial charge in [0.1, 0.15) is 23.6 Å². The fraction of sp³-hybridized carbons (Fsp3) is 0.500. The summed E-state index contributed by atoms with van der Waals surface area (Å²) in [7, 11) is 4.00. The summed E-state index contributed by atoms with van der Waals surface area (Å²) in [6.07, 6.45) is 0. The van der Waals surface area contributed by atoms with Crippen LogP contribution in [0.1, 0.15) is 0 Å². The molecule has 1 rings (SSSR count). The second-order valence-corrected chi connectivity index (χ2v) is 3.99. The third-order valence-electron chi connectivity index (χ3n) is 3.02. The van der Waals surface area contributed by atoms with Gasteiger partial charge in [-0.3, -0.25) is 9.59 Å². The van der Waals surface area contributed by atoms with Gasteiger partial charge < -0.3 is 14.4 Å². The first kappa shape index (κ1) is 14.5. The molecule has 0 radical (unpaired) electrons. The third-order valence-corrected chi connectivity index (χ3v) is 3.02. The van der Waals surface area contributed by atoms with Crippen molar-refractivity contribution in [2.45, 2.75) is 0 Å². The van der Waals surface area contributed by atoms with Gasteiger partial charge in [0.2, 0.25) is 0 Å². The van der Waals surface area contributed by atoms with Crippen LogP contribution >= 0.6 is 0 Å². The van der Waals surface area contributed by atoms with E-state index in [0.717, 1.165) is 0 Å². The monoisotopic (exact) mass is 263 g/mol. The van der Waals surface area contributed by atoms with Crippen LogP contribution in [0.3, 0.4) is 0 Å². The van der Waals surface area contributed by atoms with E-state index in [1.807, 2.05) is 0 Å². The molecule has 0 N–H and O–H groups in total. The molecule has 1 aliphatic rings. The topological polar surface area (TPSA) is 103 Å². The molecule has 100 valence electrons. The van der Waals surface area contributed by atoms with E-state index >= 15 is 0 Å². The minimum atomic E-state index is -0.989. The molecule has 0 aromatic carbocycles. The molecule has 0 spiro atoms. The van der Waals surface area contributed by atoms with Crippen LogP contribution in [-0.2, 0) is 19.1 Å². The zero-order valence-electron chi connectivity index (χ0n) is 10.8. The number of nitrogens with zero attached hydrogens (tertiary/aromatic N) is 3. The Kier molecular flexibility index (Phi) is 4.49. The molecule has 0 aliphatic carbocycles. The van der Waals surface area contributed by atoms with Crippen LogP contribution in [0.25, 0.3) is 0 Å². The lowest BCUT2D eigenvalue weighted by Gasteiger charge is -2.16. The lowest BCUT2D eigenvalue weighted by molar-refractivity contribution is -0.154. The molecule has 19 heavy (non-hydrogen) atoms. The molecule has 1 saturated heterocycles. The molecule has 7 heteroatoms. The van der Waals surface area contributed by atoms with Gasteiger partial charge in [0.25, 0.3) is 0 Å². The van der Waals surface area contributed by atoms with Crippen LogP contribution in [0, 0.1) is 34.5 Å². The van der Waals surface area contributed by atoms with Gasteiger partial charge in [-0.2, -0.15) is 10.5 Å². The van der Waals surface area contributed by atoms with Gasteiger partial charge in [-0.05, 0) is 0 Å². The molecule has 0 aromatic rings. The van der Waals surface area contributed by atoms with Crippen molar-refractivity contribution in [1.29, 1.82) is 10.5 Å². The van der Waals surface area contributed by atoms with Crippen molar-refractivity contribution < 1.29 is 19.1 Å². The molecular formula is C12H13N3O4. The highest BCUT2D eigenvalue weighted by molar-refractivity contribution is 5.86. The molecule has 0 saturated carbocycles. The summed E-state index contributed by atoms with van der Waals surface area (Å²) in [6, 6.07) is 3.45. The molecule has 0 aromatic heterocycles. The maximum Gasteiger partial charge on any atom is 0.315 e. The number of esters is 2. The summed E-state index contributed by atoms with van der Waals surface area (Å²) < 4.78 is 9.29. The fourth-order valence-corrected chi connectivity index (χ4v) is 2.18. The first-order valence-electron chi connectivity index (χ1n) is 5.42. The van der Waals surface area contributed by atoms with E-state index < -0.39 is 23.8 Å². The van der Waals surface area contributed by atoms with Crippen LogP contribution in [-0.4, -0.2) is 44.7 Å². The van der Waals surface area contributed by atoms with Crippen LogP contribution in [0.4, 0.5) is 0 Å². The van der Waals surface area contributed by atoms with E-state index in [-0.39, 0.29) is 17.8 Å². The molecule has 2 atom stereocenters. The van der Waals surface area contributed by atoms with Crippen molar-refractivity contribution >= 4 is 11.9 Å². The molecule has 1 fully saturated rings. The van der Waals surface area contributed by atoms with Crippen molar-refractivity contribution in [2.75, 3.05) is 27.8 Å². The minimum absolute atomic E-state index is 0.189. The number of allylic oxidation sites excluding steroid dienone is 1. The smallest absolute Gasteiger partial charge is 0.315 e. The fourth-order valence-electron chi connectivity index (χ4n) is 2.18. The van der Waals surface area contributed by atoms with Crippen LogP contribution in [0.2, 0.25) is 0 Å². The van der Waals surface area contributed by atoms with Crippen LogP contribution in [0.15, 0.2) is 11.3 Å². The number of hydrogen-bond acceptors (Lipinski definition) is 7. The van der Waals surface area contributed by atoms with Gasteiger partial charge in [-0.25, -0.2) is 0 Å². The minimum Gasteiger partial charge on any atom is -0.469 e. The molecule has 1 heterocycles. The van der Waals surface area contributed by atoms with E-state index in [9.17, 15) is 9.59 Å². The first-order chi connectivity index (χ1) is 9.01. The molecule has 0 amide bonds. The van der Waals surface area contributed by atoms with Crippen molar-refractivity contribution in [3.05, 3.63) is 11.3 Å². The van der Waals surface area contributed by atoms with Crippen molar-refractivity contribution in [3.63, 3.8) is 0 Å². The Bertz CT molecular complexity index is 496. The van der Waals surface area contributed by atoms with Gasteiger partial charge in [0.05, 0.1) is 25.8 Å². The lowest BCUT2D eigenvalue weighted by Crippen LogP contribution is -2.30. The zero-order valence-corrected chi connectivity index (χ0v) is 10.8. The SMILES string of the molecule is COC(=O)[C@@H]1C(=C(C#N)C#N)N(C)C[C@H]1C(=O)OC. The Labute approximate surface area is 110 Å². The largest absolute Gasteiger partial charge is 0.469 e. The summed E-state index contributed by atoms with van der Waals surface area (Å²) >= 11 is 0. The average Bonchev–Trinajstić information content (AvgIpc) is 2.76. The van der Waals surface area contributed by atoms with Crippen molar-refractivity contribution in [2.24, 2.45) is 11.8 Å². The standard InChI is InChI=1S/C12H13N3O4/c1-15-6-8(11(16)18-2)9(12(17)19-3)10(15)7(4-13)5-14/h8-9H,6H2,1-3H3/t8-,9+/m1/s1. The average molecular weight is 263 g/mol. The van der Waals surface area contributed by atoms with Gasteiger partial charge in [0, 0.05) is 13.6 Å². The number of carbonyl (C=O) groups is 2. The number of rotatable bonds is 2. The van der Waals surface area contributed by atoms with Gasteiger partial charge in [0.15, 0.2) is 0 Å². The van der Waals surface area contributed by atoms with Gasteiger partial charge in [-0.15, -0.1) is 0 Å². The maximum absolute atomic E-state index is 11.8. The highest BCUT2D eigenvalue weighted by atomic mass is 16.5. The Balaban J connectivity index is 3.36. The Hall–Kier alpha value is -2.54. The van der Waals surface area contributed by atoms with E-state index in [4.69, 9.17) is 10.5 Å². The van der Waals surface area contributed by atoms with E-state index in [1.54, 1.807) is 19.2 Å². The quantitative estimate of drug-likeness (QED) is 0.502. The molecule has 0 bridgehead atoms. The maximum atomic E-state index is 11.8. The highest BCUT2D eigenvalue weighted by Gasteiger charge is 2.47. The Morgan fingerprint density at radius 3 is 2.16 bits per heavy atom. The molecular weight excluding hydrogens is 250 g/mol. The van der Waals surface area contributed by atoms with E-state index in [1.165, 1.54) is 19.1 Å². The van der Waals surface area contributed by atoms with E-state index in [0.29, 0.717) is 0 Å². The summed E-state index contributed by atoms with van der Waals surface area (Å²) in [5.74, 6) is -3.02. The zero-order chi connectivity index (χ0) is 14.6. The third kappa shape index (κ3) is 2.50. The summed E-state index contributed by atoms with van der Waals surface area (Å²) in [6.45, 7) is 0.189. The number of methoxy groups -OCH3 is 2. The second kappa shape index (κ2) is 5.87. The van der Waals surface area contributed by atoms with Gasteiger partial charge in [-0.1, -0.05) is 0 Å². The number of carbonyl (C=O) groups excluding carboxylic acids is 2. The number of nitriles is 2. The van der Waals surface area contributed by atoms with Crippen LogP contribution < -0.4 is 0 Å². The van der Waals surface area contributed by atoms with Crippen LogP contribution in [0.5, 0.6) is 0 Å². The van der Waals surface area contributed by atoms with Crippen molar-refractivity contribution in [3.8, 4) is 12.1 Å². The number of ether oxygens (including phenoxy) is 2. The number of likely N-dealkylation sites (tertiary alicyclic amines) is 1. The molecule has 7 nitrogen and oxygen atoms in total.